The van der Waals surface area contributed by atoms with Crippen LogP contribution in [0.25, 0.3) is 0 Å². The number of phenols is 2. The van der Waals surface area contributed by atoms with Gasteiger partial charge < -0.3 is 15.1 Å². The summed E-state index contributed by atoms with van der Waals surface area (Å²) < 4.78 is 0. The zero-order valence-electron chi connectivity index (χ0n) is 22.1. The summed E-state index contributed by atoms with van der Waals surface area (Å²) in [6, 6.07) is 40.8. The number of rotatable bonds is 7. The molecule has 0 aliphatic carbocycles. The van der Waals surface area contributed by atoms with Gasteiger partial charge in [0.05, 0.1) is 0 Å². The van der Waals surface area contributed by atoms with Crippen molar-refractivity contribution in [2.45, 2.75) is 32.6 Å². The smallest absolute Gasteiger partial charge is 0.115 e. The van der Waals surface area contributed by atoms with Crippen LogP contribution in [0.3, 0.4) is 0 Å². The van der Waals surface area contributed by atoms with Crippen LogP contribution >= 0.6 is 0 Å². The maximum atomic E-state index is 9.88. The van der Waals surface area contributed by atoms with Crippen molar-refractivity contribution < 1.29 is 10.2 Å². The summed E-state index contributed by atoms with van der Waals surface area (Å²) in [5.41, 5.74) is 8.85. The average molecular weight is 500 g/mol. The lowest BCUT2D eigenvalue weighted by Crippen LogP contribution is -2.26. The Balaban J connectivity index is 1.51. The molecule has 0 fully saturated rings. The number of hydrogen-bond donors (Lipinski definition) is 2. The van der Waals surface area contributed by atoms with Gasteiger partial charge in [-0.15, -0.1) is 0 Å². The second-order valence-electron chi connectivity index (χ2n) is 10.3. The molecule has 0 bridgehead atoms. The third kappa shape index (κ3) is 5.28. The molecule has 2 N–H and O–H groups in total. The van der Waals surface area contributed by atoms with Gasteiger partial charge in [-0.1, -0.05) is 78.7 Å². The topological polar surface area (TPSA) is 43.7 Å². The Kier molecular flexibility index (Phi) is 6.93. The Morgan fingerprint density at radius 2 is 0.842 bits per heavy atom. The number of phenolic OH excluding ortho intramolecular Hbond substituents is 2. The highest BCUT2D eigenvalue weighted by Gasteiger charge is 2.29. The predicted octanol–water partition coefficient (Wildman–Crippen LogP) is 8.73. The molecule has 3 nitrogen and oxygen atoms in total. The van der Waals surface area contributed by atoms with Gasteiger partial charge in [0.2, 0.25) is 0 Å². The van der Waals surface area contributed by atoms with Crippen molar-refractivity contribution in [3.8, 4) is 11.5 Å². The molecule has 0 aliphatic rings. The highest BCUT2D eigenvalue weighted by molar-refractivity contribution is 5.76. The lowest BCUT2D eigenvalue weighted by molar-refractivity contribution is 0.473. The third-order valence-corrected chi connectivity index (χ3v) is 7.35. The Hall–Kier alpha value is -4.50. The molecule has 0 aromatic heterocycles. The second kappa shape index (κ2) is 10.5. The van der Waals surface area contributed by atoms with Gasteiger partial charge in [-0.2, -0.15) is 0 Å². The maximum absolute atomic E-state index is 9.88. The van der Waals surface area contributed by atoms with E-state index in [1.165, 1.54) is 16.7 Å². The first-order chi connectivity index (χ1) is 18.3. The summed E-state index contributed by atoms with van der Waals surface area (Å²) in [6.07, 6.45) is 0.762. The molecule has 3 heteroatoms. The van der Waals surface area contributed by atoms with Crippen molar-refractivity contribution in [2.24, 2.45) is 0 Å². The summed E-state index contributed by atoms with van der Waals surface area (Å²) in [5, 5.41) is 19.8. The van der Waals surface area contributed by atoms with E-state index in [0.717, 1.165) is 34.6 Å². The Morgan fingerprint density at radius 3 is 1.21 bits per heavy atom. The normalized spacial score (nSPS) is 11.3. The molecular formula is C35H33NO2. The molecule has 38 heavy (non-hydrogen) atoms. The molecule has 5 rings (SSSR count). The number of hydrogen-bond acceptors (Lipinski definition) is 3. The van der Waals surface area contributed by atoms with Crippen LogP contribution in [-0.2, 0) is 11.8 Å². The van der Waals surface area contributed by atoms with E-state index >= 15 is 0 Å². The minimum absolute atomic E-state index is 0.249. The second-order valence-corrected chi connectivity index (χ2v) is 10.3. The van der Waals surface area contributed by atoms with Crippen LogP contribution < -0.4 is 4.90 Å². The summed E-state index contributed by atoms with van der Waals surface area (Å²) in [4.78, 5) is 2.28. The van der Waals surface area contributed by atoms with Crippen LogP contribution in [0, 0.1) is 13.8 Å². The van der Waals surface area contributed by atoms with Crippen molar-refractivity contribution in [2.75, 3.05) is 4.90 Å². The van der Waals surface area contributed by atoms with Crippen LogP contribution in [0.1, 0.15) is 34.7 Å². The molecular weight excluding hydrogens is 466 g/mol. The SMILES string of the molecule is Cc1ccc(N(c2ccc(C)cc2)c2ccc(CC(C)(c3ccc(O)cc3)c3ccc(O)cc3)cc2)cc1. The molecule has 0 heterocycles. The Bertz CT molecular complexity index is 1390. The van der Waals surface area contributed by atoms with Crippen molar-refractivity contribution in [1.82, 2.24) is 0 Å². The molecule has 0 aliphatic heterocycles. The standard InChI is InChI=1S/C35H33NO2/c1-25-4-14-30(15-5-25)36(31-16-6-26(2)7-17-31)32-18-8-27(9-19-32)24-35(3,28-10-20-33(37)21-11-28)29-12-22-34(38)23-13-29/h4-23,37-38H,24H2,1-3H3. The number of nitrogens with zero attached hydrogens (tertiary/aromatic N) is 1. The maximum Gasteiger partial charge on any atom is 0.115 e. The van der Waals surface area contributed by atoms with E-state index < -0.39 is 0 Å². The summed E-state index contributed by atoms with van der Waals surface area (Å²) in [6.45, 7) is 6.42. The lowest BCUT2D eigenvalue weighted by Gasteiger charge is -2.32. The minimum atomic E-state index is -0.351. The zero-order valence-corrected chi connectivity index (χ0v) is 22.1. The summed E-state index contributed by atoms with van der Waals surface area (Å²) in [5.74, 6) is 0.497. The number of aryl methyl sites for hydroxylation is 2. The number of anilines is 3. The number of benzene rings is 5. The van der Waals surface area contributed by atoms with E-state index in [4.69, 9.17) is 0 Å². The monoisotopic (exact) mass is 499 g/mol. The molecule has 0 unspecified atom stereocenters. The lowest BCUT2D eigenvalue weighted by atomic mass is 9.72. The molecule has 0 saturated heterocycles. The fraction of sp³-hybridized carbons (Fsp3) is 0.143. The first-order valence-electron chi connectivity index (χ1n) is 12.9. The molecule has 0 spiro atoms. The van der Waals surface area contributed by atoms with E-state index in [-0.39, 0.29) is 16.9 Å². The molecule has 190 valence electrons. The quantitative estimate of drug-likeness (QED) is 0.235. The van der Waals surface area contributed by atoms with Gasteiger partial charge >= 0.3 is 0 Å². The van der Waals surface area contributed by atoms with Crippen molar-refractivity contribution in [1.29, 1.82) is 0 Å². The van der Waals surface area contributed by atoms with Crippen molar-refractivity contribution in [3.05, 3.63) is 149 Å². The van der Waals surface area contributed by atoms with E-state index in [0.29, 0.717) is 0 Å². The van der Waals surface area contributed by atoms with Gasteiger partial charge in [0.15, 0.2) is 0 Å². The minimum Gasteiger partial charge on any atom is -0.508 e. The van der Waals surface area contributed by atoms with Gasteiger partial charge in [-0.25, -0.2) is 0 Å². The predicted molar refractivity (Wildman–Crippen MR) is 157 cm³/mol. The zero-order chi connectivity index (χ0) is 26.7. The molecule has 5 aromatic rings. The van der Waals surface area contributed by atoms with Crippen LogP contribution in [0.4, 0.5) is 17.1 Å². The molecule has 0 saturated carbocycles. The third-order valence-electron chi connectivity index (χ3n) is 7.35. The Labute approximate surface area is 225 Å². The highest BCUT2D eigenvalue weighted by Crippen LogP contribution is 2.39. The van der Waals surface area contributed by atoms with Crippen molar-refractivity contribution in [3.63, 3.8) is 0 Å². The van der Waals surface area contributed by atoms with E-state index in [1.807, 2.05) is 24.3 Å². The molecule has 0 atom stereocenters. The van der Waals surface area contributed by atoms with Gasteiger partial charge in [0, 0.05) is 22.5 Å². The van der Waals surface area contributed by atoms with E-state index in [1.54, 1.807) is 24.3 Å². The highest BCUT2D eigenvalue weighted by atomic mass is 16.3. The molecule has 5 aromatic carbocycles. The van der Waals surface area contributed by atoms with Gasteiger partial charge in [-0.05, 0) is 97.6 Å². The summed E-state index contributed by atoms with van der Waals surface area (Å²) in [7, 11) is 0. The van der Waals surface area contributed by atoms with Gasteiger partial charge in [0.1, 0.15) is 11.5 Å². The largest absolute Gasteiger partial charge is 0.508 e. The first kappa shape index (κ1) is 25.2. The van der Waals surface area contributed by atoms with Crippen LogP contribution in [0.2, 0.25) is 0 Å². The van der Waals surface area contributed by atoms with Gasteiger partial charge in [0.25, 0.3) is 0 Å². The van der Waals surface area contributed by atoms with Crippen LogP contribution in [0.15, 0.2) is 121 Å². The summed E-state index contributed by atoms with van der Waals surface area (Å²) >= 11 is 0. The number of aromatic hydroxyl groups is 2. The average Bonchev–Trinajstić information content (AvgIpc) is 2.92. The molecule has 0 amide bonds. The van der Waals surface area contributed by atoms with Gasteiger partial charge in [-0.3, -0.25) is 0 Å². The van der Waals surface area contributed by atoms with E-state index in [2.05, 4.69) is 98.5 Å². The van der Waals surface area contributed by atoms with Crippen LogP contribution in [-0.4, -0.2) is 10.2 Å². The van der Waals surface area contributed by atoms with Crippen LogP contribution in [0.5, 0.6) is 11.5 Å². The first-order valence-corrected chi connectivity index (χ1v) is 12.9. The van der Waals surface area contributed by atoms with Crippen molar-refractivity contribution >= 4 is 17.1 Å². The fourth-order valence-electron chi connectivity index (χ4n) is 5.04. The molecule has 0 radical (unpaired) electrons. The fourth-order valence-corrected chi connectivity index (χ4v) is 5.04. The van der Waals surface area contributed by atoms with E-state index in [9.17, 15) is 10.2 Å². The Morgan fingerprint density at radius 1 is 0.500 bits per heavy atom.